The zero-order valence-corrected chi connectivity index (χ0v) is 4.35. The Morgan fingerprint density at radius 1 is 0.800 bits per heavy atom. The minimum absolute atomic E-state index is 2.93. The summed E-state index contributed by atoms with van der Waals surface area (Å²) in [6, 6.07) is 0. The van der Waals surface area contributed by atoms with Crippen molar-refractivity contribution in [2.75, 3.05) is 0 Å². The lowest BCUT2D eigenvalue weighted by molar-refractivity contribution is -0.171. The van der Waals surface area contributed by atoms with Gasteiger partial charge in [0, 0.05) is 0 Å². The van der Waals surface area contributed by atoms with Gasteiger partial charge in [-0.2, -0.15) is 26.3 Å². The van der Waals surface area contributed by atoms with Crippen molar-refractivity contribution in [3.05, 3.63) is 12.2 Å². The summed E-state index contributed by atoms with van der Waals surface area (Å²) in [5.74, 6) is 0. The number of hydrogen-bond acceptors (Lipinski definition) is 0. The van der Waals surface area contributed by atoms with Crippen molar-refractivity contribution in [2.45, 2.75) is 12.4 Å². The summed E-state index contributed by atoms with van der Waals surface area (Å²) in [5, 5.41) is 0. The summed E-state index contributed by atoms with van der Waals surface area (Å²) >= 11 is 0. The smallest absolute Gasteiger partial charge is 0.166 e. The molecule has 0 aromatic heterocycles. The van der Waals surface area contributed by atoms with Crippen LogP contribution in [0.1, 0.15) is 0 Å². The molecule has 0 aliphatic heterocycles. The molecule has 0 saturated carbocycles. The standard InChI is InChI=1S/C4HF6/c1-2(3(5,6)7)4(8,9)10/h1H. The van der Waals surface area contributed by atoms with Crippen molar-refractivity contribution in [3.63, 3.8) is 0 Å². The molecule has 0 saturated heterocycles. The fourth-order valence-electron chi connectivity index (χ4n) is 0.161. The molecule has 59 valence electrons. The highest BCUT2D eigenvalue weighted by atomic mass is 19.4. The van der Waals surface area contributed by atoms with E-state index in [1.54, 1.807) is 0 Å². The largest absolute Gasteiger partial charge is 0.421 e. The Labute approximate surface area is 52.1 Å². The van der Waals surface area contributed by atoms with Gasteiger partial charge in [0.2, 0.25) is 0 Å². The van der Waals surface area contributed by atoms with E-state index in [4.69, 9.17) is 0 Å². The van der Waals surface area contributed by atoms with E-state index in [9.17, 15) is 26.3 Å². The highest BCUT2D eigenvalue weighted by molar-refractivity contribution is 5.06. The molecule has 0 atom stereocenters. The summed E-state index contributed by atoms with van der Waals surface area (Å²) in [7, 11) is 0. The number of hydrogen-bond donors (Lipinski definition) is 0. The fraction of sp³-hybridized carbons (Fsp3) is 0.500. The van der Waals surface area contributed by atoms with Crippen LogP contribution < -0.4 is 0 Å². The molecule has 0 aliphatic rings. The molecule has 0 N–H and O–H groups in total. The van der Waals surface area contributed by atoms with Gasteiger partial charge in [-0.15, -0.1) is 0 Å². The van der Waals surface area contributed by atoms with Crippen LogP contribution in [-0.4, -0.2) is 12.4 Å². The van der Waals surface area contributed by atoms with Crippen LogP contribution in [0.3, 0.4) is 0 Å². The SMILES string of the molecule is [CH]=C(C(F)(F)F)C(F)(F)F. The molecular weight excluding hydrogens is 162 g/mol. The van der Waals surface area contributed by atoms with Gasteiger partial charge in [0.1, 0.15) is 5.57 Å². The Morgan fingerprint density at radius 2 is 1.00 bits per heavy atom. The Morgan fingerprint density at radius 3 is 1.00 bits per heavy atom. The van der Waals surface area contributed by atoms with E-state index in [0.29, 0.717) is 0 Å². The summed E-state index contributed by atoms with van der Waals surface area (Å²) in [4.78, 5) is 0. The molecule has 0 aromatic rings. The van der Waals surface area contributed by atoms with E-state index in [-0.39, 0.29) is 0 Å². The van der Waals surface area contributed by atoms with Crippen LogP contribution in [0, 0.1) is 6.58 Å². The zero-order valence-electron chi connectivity index (χ0n) is 4.35. The number of halogens is 6. The van der Waals surface area contributed by atoms with E-state index in [1.165, 1.54) is 0 Å². The monoisotopic (exact) mass is 163 g/mol. The summed E-state index contributed by atoms with van der Waals surface area (Å²) in [6.45, 7) is 3.69. The second kappa shape index (κ2) is 2.17. The molecule has 0 unspecified atom stereocenters. The Kier molecular flexibility index (Phi) is 2.03. The van der Waals surface area contributed by atoms with Gasteiger partial charge in [-0.25, -0.2) is 0 Å². The molecule has 0 spiro atoms. The van der Waals surface area contributed by atoms with Crippen molar-refractivity contribution in [3.8, 4) is 0 Å². The van der Waals surface area contributed by atoms with Crippen LogP contribution >= 0.6 is 0 Å². The zero-order chi connectivity index (χ0) is 8.58. The summed E-state index contributed by atoms with van der Waals surface area (Å²) in [5.41, 5.74) is -2.93. The Hall–Kier alpha value is -0.680. The molecule has 0 fully saturated rings. The van der Waals surface area contributed by atoms with E-state index < -0.39 is 17.9 Å². The Balaban J connectivity index is 4.40. The van der Waals surface area contributed by atoms with Crippen LogP contribution in [0.15, 0.2) is 5.57 Å². The van der Waals surface area contributed by atoms with E-state index in [0.717, 1.165) is 0 Å². The first kappa shape index (κ1) is 9.32. The number of alkyl halides is 6. The molecule has 0 heterocycles. The fourth-order valence-corrected chi connectivity index (χ4v) is 0.161. The highest BCUT2D eigenvalue weighted by Crippen LogP contribution is 2.36. The molecule has 0 aromatic carbocycles. The molecule has 0 nitrogen and oxygen atoms in total. The van der Waals surface area contributed by atoms with Crippen LogP contribution in [0.25, 0.3) is 0 Å². The lowest BCUT2D eigenvalue weighted by Crippen LogP contribution is -2.24. The second-order valence-corrected chi connectivity index (χ2v) is 1.41. The van der Waals surface area contributed by atoms with Gasteiger partial charge in [0.25, 0.3) is 0 Å². The van der Waals surface area contributed by atoms with Crippen molar-refractivity contribution in [1.82, 2.24) is 0 Å². The van der Waals surface area contributed by atoms with E-state index in [1.807, 2.05) is 0 Å². The van der Waals surface area contributed by atoms with Crippen molar-refractivity contribution in [1.29, 1.82) is 0 Å². The third-order valence-corrected chi connectivity index (χ3v) is 0.611. The topological polar surface area (TPSA) is 0 Å². The molecule has 1 radical (unpaired) electrons. The lowest BCUT2D eigenvalue weighted by Gasteiger charge is -2.11. The number of rotatable bonds is 0. The molecular formula is C4HF6. The maximum absolute atomic E-state index is 11.1. The first-order valence-electron chi connectivity index (χ1n) is 1.92. The summed E-state index contributed by atoms with van der Waals surface area (Å²) < 4.78 is 66.4. The predicted octanol–water partition coefficient (Wildman–Crippen LogP) is 2.47. The molecule has 6 heteroatoms. The Bertz CT molecular complexity index is 121. The van der Waals surface area contributed by atoms with E-state index >= 15 is 0 Å². The lowest BCUT2D eigenvalue weighted by atomic mass is 10.3. The normalized spacial score (nSPS) is 13.4. The minimum atomic E-state index is -5.49. The maximum Gasteiger partial charge on any atom is 0.421 e. The maximum atomic E-state index is 11.1. The highest BCUT2D eigenvalue weighted by Gasteiger charge is 2.49. The van der Waals surface area contributed by atoms with Gasteiger partial charge < -0.3 is 0 Å². The molecule has 0 bridgehead atoms. The molecule has 0 amide bonds. The van der Waals surface area contributed by atoms with Gasteiger partial charge in [-0.1, -0.05) is 0 Å². The molecule has 0 rings (SSSR count). The average molecular weight is 163 g/mol. The second-order valence-electron chi connectivity index (χ2n) is 1.41. The third-order valence-electron chi connectivity index (χ3n) is 0.611. The third kappa shape index (κ3) is 2.28. The minimum Gasteiger partial charge on any atom is -0.166 e. The van der Waals surface area contributed by atoms with Crippen molar-refractivity contribution >= 4 is 0 Å². The van der Waals surface area contributed by atoms with Gasteiger partial charge in [-0.3, -0.25) is 0 Å². The van der Waals surface area contributed by atoms with Crippen LogP contribution in [0.4, 0.5) is 26.3 Å². The predicted molar refractivity (Wildman–Crippen MR) is 19.9 cm³/mol. The first-order valence-corrected chi connectivity index (χ1v) is 1.92. The van der Waals surface area contributed by atoms with E-state index in [2.05, 4.69) is 6.58 Å². The van der Waals surface area contributed by atoms with Gasteiger partial charge in [0.15, 0.2) is 0 Å². The number of allylic oxidation sites excluding steroid dienone is 1. The van der Waals surface area contributed by atoms with Crippen LogP contribution in [0.5, 0.6) is 0 Å². The average Bonchev–Trinajstić information content (AvgIpc) is 1.59. The van der Waals surface area contributed by atoms with Gasteiger partial charge in [-0.05, 0) is 6.58 Å². The van der Waals surface area contributed by atoms with Gasteiger partial charge >= 0.3 is 12.4 Å². The van der Waals surface area contributed by atoms with Crippen LogP contribution in [-0.2, 0) is 0 Å². The quantitative estimate of drug-likeness (QED) is 0.481. The van der Waals surface area contributed by atoms with Crippen molar-refractivity contribution in [2.24, 2.45) is 0 Å². The molecule has 0 aliphatic carbocycles. The van der Waals surface area contributed by atoms with Gasteiger partial charge in [0.05, 0.1) is 0 Å². The summed E-state index contributed by atoms with van der Waals surface area (Å²) in [6.07, 6.45) is -11.0. The molecule has 10 heavy (non-hydrogen) atoms. The first-order chi connectivity index (χ1) is 4.15. The van der Waals surface area contributed by atoms with Crippen molar-refractivity contribution < 1.29 is 26.3 Å². The van der Waals surface area contributed by atoms with Crippen LogP contribution in [0.2, 0.25) is 0 Å².